The highest BCUT2D eigenvalue weighted by Crippen LogP contribution is 2.51. The van der Waals surface area contributed by atoms with Crippen LogP contribution >= 0.6 is 11.8 Å². The molecule has 0 N–H and O–H groups in total. The van der Waals surface area contributed by atoms with Crippen molar-refractivity contribution in [1.82, 2.24) is 14.7 Å². The Hall–Kier alpha value is -4.35. The summed E-state index contributed by atoms with van der Waals surface area (Å²) in [7, 11) is 3.20. The smallest absolute Gasteiger partial charge is 0.242 e. The third kappa shape index (κ3) is 5.70. The summed E-state index contributed by atoms with van der Waals surface area (Å²) < 4.78 is 32.5. The molecular weight excluding hydrogens is 571 g/mol. The van der Waals surface area contributed by atoms with Crippen molar-refractivity contribution in [3.63, 3.8) is 0 Å². The molecule has 0 radical (unpaired) electrons. The molecule has 0 aliphatic carbocycles. The zero-order chi connectivity index (χ0) is 29.9. The largest absolute Gasteiger partial charge is 0.497 e. The quantitative estimate of drug-likeness (QED) is 0.303. The Morgan fingerprint density at radius 3 is 2.47 bits per heavy atom. The minimum atomic E-state index is -0.420. The number of rotatable bonds is 7. The number of carbonyl (C=O) groups excluding carboxylic acids is 2. The first-order chi connectivity index (χ1) is 21.0. The van der Waals surface area contributed by atoms with Crippen molar-refractivity contribution in [1.29, 1.82) is 0 Å². The Balaban J connectivity index is 1.61. The Labute approximate surface area is 253 Å². The molecule has 1 atom stereocenters. The Morgan fingerprint density at radius 1 is 1.02 bits per heavy atom. The highest BCUT2D eigenvalue weighted by Gasteiger charge is 2.39. The second kappa shape index (κ2) is 12.5. The van der Waals surface area contributed by atoms with Gasteiger partial charge in [-0.3, -0.25) is 14.5 Å². The van der Waals surface area contributed by atoms with E-state index in [2.05, 4.69) is 0 Å². The summed E-state index contributed by atoms with van der Waals surface area (Å²) >= 11 is 1.44. The predicted molar refractivity (Wildman–Crippen MR) is 163 cm³/mol. The number of aromatic nitrogens is 2. The van der Waals surface area contributed by atoms with E-state index in [9.17, 15) is 14.0 Å². The second-order valence-electron chi connectivity index (χ2n) is 10.1. The molecule has 1 fully saturated rings. The third-order valence-corrected chi connectivity index (χ3v) is 8.82. The van der Waals surface area contributed by atoms with Crippen LogP contribution in [0.2, 0.25) is 0 Å². The zero-order valence-electron chi connectivity index (χ0n) is 23.9. The first kappa shape index (κ1) is 28.8. The summed E-state index contributed by atoms with van der Waals surface area (Å²) in [6, 6.07) is 21.2. The predicted octanol–water partition coefficient (Wildman–Crippen LogP) is 4.72. The van der Waals surface area contributed by atoms with Crippen LogP contribution in [0.1, 0.15) is 16.4 Å². The van der Waals surface area contributed by atoms with Crippen LogP contribution in [0.25, 0.3) is 16.9 Å². The van der Waals surface area contributed by atoms with E-state index in [1.807, 2.05) is 48.5 Å². The van der Waals surface area contributed by atoms with Crippen LogP contribution < -0.4 is 14.4 Å². The standard InChI is InChI=1S/C32H31FN4O5S/c1-40-24-12-13-26(41-2)25(18-24)31-29-30(21-6-4-3-5-7-21)34-37(23-10-8-22(33)9-11-23)32(29)36(28(39)20-43-31)19-27(38)35-14-16-42-17-15-35/h3-13,18,31H,14-17,19-20H2,1-2H3. The Bertz CT molecular complexity index is 1620. The summed E-state index contributed by atoms with van der Waals surface area (Å²) in [5.74, 6) is 1.02. The van der Waals surface area contributed by atoms with Gasteiger partial charge in [-0.25, -0.2) is 9.07 Å². The van der Waals surface area contributed by atoms with Crippen molar-refractivity contribution >= 4 is 29.4 Å². The lowest BCUT2D eigenvalue weighted by Crippen LogP contribution is -2.48. The topological polar surface area (TPSA) is 86.1 Å². The average Bonchev–Trinajstić information content (AvgIpc) is 3.38. The van der Waals surface area contributed by atoms with Crippen LogP contribution in [-0.4, -0.2) is 79.3 Å². The lowest BCUT2D eigenvalue weighted by atomic mass is 9.98. The van der Waals surface area contributed by atoms with E-state index in [0.717, 1.165) is 16.7 Å². The molecule has 11 heteroatoms. The van der Waals surface area contributed by atoms with E-state index in [-0.39, 0.29) is 24.1 Å². The van der Waals surface area contributed by atoms with Gasteiger partial charge in [-0.2, -0.15) is 5.10 Å². The number of morpholine rings is 1. The number of ether oxygens (including phenoxy) is 3. The zero-order valence-corrected chi connectivity index (χ0v) is 24.7. The van der Waals surface area contributed by atoms with E-state index in [1.54, 1.807) is 35.9 Å². The van der Waals surface area contributed by atoms with Crippen molar-refractivity contribution in [2.75, 3.05) is 57.7 Å². The molecule has 43 heavy (non-hydrogen) atoms. The number of benzene rings is 3. The van der Waals surface area contributed by atoms with Crippen LogP contribution in [0, 0.1) is 5.82 Å². The average molecular weight is 603 g/mol. The van der Waals surface area contributed by atoms with Gasteiger partial charge in [-0.05, 0) is 42.5 Å². The number of nitrogens with zero attached hydrogens (tertiary/aromatic N) is 4. The van der Waals surface area contributed by atoms with Crippen LogP contribution in [0.5, 0.6) is 11.5 Å². The molecule has 3 aromatic carbocycles. The fourth-order valence-electron chi connectivity index (χ4n) is 5.43. The molecular formula is C32H31FN4O5S. The SMILES string of the molecule is COc1ccc(OC)c(C2SCC(=O)N(CC(=O)N3CCOCC3)c3c2c(-c2ccccc2)nn3-c2ccc(F)cc2)c1. The van der Waals surface area contributed by atoms with E-state index in [0.29, 0.717) is 55.0 Å². The number of hydrogen-bond donors (Lipinski definition) is 0. The number of halogens is 1. The number of anilines is 1. The molecule has 6 rings (SSSR count). The molecule has 9 nitrogen and oxygen atoms in total. The summed E-state index contributed by atoms with van der Waals surface area (Å²) in [4.78, 5) is 30.8. The molecule has 3 heterocycles. The van der Waals surface area contributed by atoms with Gasteiger partial charge in [0.2, 0.25) is 11.8 Å². The number of hydrogen-bond acceptors (Lipinski definition) is 7. The summed E-state index contributed by atoms with van der Waals surface area (Å²) in [5.41, 5.74) is 3.58. The van der Waals surface area contributed by atoms with Crippen molar-refractivity contribution in [3.8, 4) is 28.4 Å². The number of thioether (sulfide) groups is 1. The van der Waals surface area contributed by atoms with Gasteiger partial charge >= 0.3 is 0 Å². The van der Waals surface area contributed by atoms with E-state index in [4.69, 9.17) is 19.3 Å². The van der Waals surface area contributed by atoms with Crippen molar-refractivity contribution < 1.29 is 28.2 Å². The summed E-state index contributed by atoms with van der Waals surface area (Å²) in [5, 5.41) is 4.63. The summed E-state index contributed by atoms with van der Waals surface area (Å²) in [6.45, 7) is 1.64. The third-order valence-electron chi connectivity index (χ3n) is 7.58. The van der Waals surface area contributed by atoms with Crippen LogP contribution in [0.3, 0.4) is 0 Å². The second-order valence-corrected chi connectivity index (χ2v) is 11.2. The van der Waals surface area contributed by atoms with Gasteiger partial charge in [-0.15, -0.1) is 11.8 Å². The molecule has 1 aromatic heterocycles. The van der Waals surface area contributed by atoms with Crippen molar-refractivity contribution in [3.05, 3.63) is 89.7 Å². The maximum atomic E-state index is 14.0. The molecule has 1 saturated heterocycles. The van der Waals surface area contributed by atoms with Gasteiger partial charge in [0.25, 0.3) is 0 Å². The molecule has 0 spiro atoms. The number of fused-ring (bicyclic) bond motifs is 1. The molecule has 2 amide bonds. The first-order valence-corrected chi connectivity index (χ1v) is 15.0. The van der Waals surface area contributed by atoms with E-state index in [1.165, 1.54) is 28.8 Å². The highest BCUT2D eigenvalue weighted by molar-refractivity contribution is 8.00. The number of carbonyl (C=O) groups is 2. The number of amides is 2. The fraction of sp³-hybridized carbons (Fsp3) is 0.281. The normalized spacial score (nSPS) is 16.9. The lowest BCUT2D eigenvalue weighted by Gasteiger charge is -2.30. The van der Waals surface area contributed by atoms with Gasteiger partial charge in [0.1, 0.15) is 29.7 Å². The summed E-state index contributed by atoms with van der Waals surface area (Å²) in [6.07, 6.45) is 0. The van der Waals surface area contributed by atoms with Crippen LogP contribution in [0.15, 0.2) is 72.8 Å². The molecule has 2 aliphatic rings. The van der Waals surface area contributed by atoms with Gasteiger partial charge in [-0.1, -0.05) is 30.3 Å². The minimum absolute atomic E-state index is 0.105. The molecule has 4 aromatic rings. The molecule has 1 unspecified atom stereocenters. The van der Waals surface area contributed by atoms with E-state index < -0.39 is 11.1 Å². The first-order valence-electron chi connectivity index (χ1n) is 13.9. The van der Waals surface area contributed by atoms with Crippen LogP contribution in [-0.2, 0) is 14.3 Å². The van der Waals surface area contributed by atoms with Gasteiger partial charge in [0.15, 0.2) is 0 Å². The number of methoxy groups -OCH3 is 2. The molecule has 0 saturated carbocycles. The Morgan fingerprint density at radius 2 is 1.77 bits per heavy atom. The van der Waals surface area contributed by atoms with Crippen molar-refractivity contribution in [2.24, 2.45) is 0 Å². The maximum Gasteiger partial charge on any atom is 0.242 e. The highest BCUT2D eigenvalue weighted by atomic mass is 32.2. The van der Waals surface area contributed by atoms with Gasteiger partial charge in [0.05, 0.1) is 49.8 Å². The lowest BCUT2D eigenvalue weighted by molar-refractivity contribution is -0.134. The molecule has 222 valence electrons. The minimum Gasteiger partial charge on any atom is -0.497 e. The monoisotopic (exact) mass is 602 g/mol. The molecule has 0 bridgehead atoms. The van der Waals surface area contributed by atoms with E-state index >= 15 is 0 Å². The van der Waals surface area contributed by atoms with Crippen molar-refractivity contribution in [2.45, 2.75) is 5.25 Å². The van der Waals surface area contributed by atoms with Crippen LogP contribution in [0.4, 0.5) is 10.2 Å². The maximum absolute atomic E-state index is 14.0. The van der Waals surface area contributed by atoms with Gasteiger partial charge < -0.3 is 19.1 Å². The fourth-order valence-corrected chi connectivity index (χ4v) is 6.64. The van der Waals surface area contributed by atoms with Gasteiger partial charge in [0, 0.05) is 29.8 Å². The molecule has 2 aliphatic heterocycles. The Kier molecular flexibility index (Phi) is 8.35.